The van der Waals surface area contributed by atoms with Crippen molar-refractivity contribution in [3.8, 4) is 0 Å². The van der Waals surface area contributed by atoms with Crippen LogP contribution in [0.15, 0.2) is 30.3 Å². The first-order valence-corrected chi connectivity index (χ1v) is 4.98. The van der Waals surface area contributed by atoms with Gasteiger partial charge < -0.3 is 5.32 Å². The lowest BCUT2D eigenvalue weighted by Gasteiger charge is -2.00. The molecule has 0 heterocycles. The first kappa shape index (κ1) is 11.4. The van der Waals surface area contributed by atoms with E-state index >= 15 is 0 Å². The Morgan fingerprint density at radius 3 is 2.47 bits per heavy atom. The van der Waals surface area contributed by atoms with Gasteiger partial charge in [0.25, 0.3) is 0 Å². The summed E-state index contributed by atoms with van der Waals surface area (Å²) in [5, 5.41) is 2.43. The number of amides is 1. The summed E-state index contributed by atoms with van der Waals surface area (Å²) in [5.41, 5.74) is 1.13. The molecule has 0 unspecified atom stereocenters. The number of benzene rings is 1. The quantitative estimate of drug-likeness (QED) is 0.737. The highest BCUT2D eigenvalue weighted by molar-refractivity contribution is 5.97. The number of hydrogen-bond donors (Lipinski definition) is 1. The van der Waals surface area contributed by atoms with Gasteiger partial charge in [-0.15, -0.1) is 0 Å². The Balaban J connectivity index is 2.32. The van der Waals surface area contributed by atoms with Crippen LogP contribution in [0.2, 0.25) is 0 Å². The average Bonchev–Trinajstić information content (AvgIpc) is 2.27. The molecule has 0 aromatic heterocycles. The van der Waals surface area contributed by atoms with Crippen molar-refractivity contribution in [3.63, 3.8) is 0 Å². The minimum atomic E-state index is -0.215. The smallest absolute Gasteiger partial charge is 0.227 e. The van der Waals surface area contributed by atoms with Crippen LogP contribution in [-0.4, -0.2) is 18.7 Å². The zero-order valence-corrected chi connectivity index (χ0v) is 8.82. The predicted octanol–water partition coefficient (Wildman–Crippen LogP) is 1.32. The number of carbonyl (C=O) groups excluding carboxylic acids is 2. The third kappa shape index (κ3) is 4.40. The fraction of sp³-hybridized carbons (Fsp3) is 0.333. The zero-order valence-electron chi connectivity index (χ0n) is 8.82. The fourth-order valence-electron chi connectivity index (χ4n) is 1.28. The molecule has 3 nitrogen and oxygen atoms in total. The van der Waals surface area contributed by atoms with Gasteiger partial charge in [0.15, 0.2) is 0 Å². The van der Waals surface area contributed by atoms with Crippen LogP contribution in [0.4, 0.5) is 0 Å². The predicted molar refractivity (Wildman–Crippen MR) is 58.5 cm³/mol. The molecule has 1 rings (SSSR count). The summed E-state index contributed by atoms with van der Waals surface area (Å²) in [6, 6.07) is 9.79. The first-order chi connectivity index (χ1) is 7.22. The van der Waals surface area contributed by atoms with Gasteiger partial charge in [0, 0.05) is 13.5 Å². The van der Waals surface area contributed by atoms with Crippen molar-refractivity contribution in [2.75, 3.05) is 7.05 Å². The number of rotatable bonds is 5. The summed E-state index contributed by atoms with van der Waals surface area (Å²) in [7, 11) is 1.53. The molecule has 1 N–H and O–H groups in total. The first-order valence-electron chi connectivity index (χ1n) is 4.98. The molecular formula is C12H15NO2. The molecule has 0 fully saturated rings. The lowest BCUT2D eigenvalue weighted by Crippen LogP contribution is -2.21. The number of hydrogen-bond acceptors (Lipinski definition) is 2. The molecule has 3 heteroatoms. The average molecular weight is 205 g/mol. The van der Waals surface area contributed by atoms with Crippen molar-refractivity contribution in [3.05, 3.63) is 35.9 Å². The number of carbonyl (C=O) groups is 2. The van der Waals surface area contributed by atoms with Crippen molar-refractivity contribution in [2.45, 2.75) is 19.3 Å². The van der Waals surface area contributed by atoms with Crippen LogP contribution in [0.5, 0.6) is 0 Å². The maximum absolute atomic E-state index is 11.3. The van der Waals surface area contributed by atoms with E-state index in [9.17, 15) is 9.59 Å². The second kappa shape index (κ2) is 5.96. The SMILES string of the molecule is CNC(=O)CC(=O)CCc1ccccc1. The van der Waals surface area contributed by atoms with E-state index in [1.165, 1.54) is 7.05 Å². The molecule has 15 heavy (non-hydrogen) atoms. The maximum Gasteiger partial charge on any atom is 0.227 e. The Hall–Kier alpha value is -1.64. The largest absolute Gasteiger partial charge is 0.359 e. The van der Waals surface area contributed by atoms with Crippen LogP contribution in [-0.2, 0) is 16.0 Å². The topological polar surface area (TPSA) is 46.2 Å². The highest BCUT2D eigenvalue weighted by atomic mass is 16.2. The van der Waals surface area contributed by atoms with Crippen molar-refractivity contribution < 1.29 is 9.59 Å². The molecule has 1 aromatic carbocycles. The molecule has 0 aliphatic rings. The molecular weight excluding hydrogens is 190 g/mol. The van der Waals surface area contributed by atoms with Gasteiger partial charge in [0.05, 0.1) is 6.42 Å². The molecule has 0 bridgehead atoms. The molecule has 0 saturated carbocycles. The third-order valence-electron chi connectivity index (χ3n) is 2.17. The normalized spacial score (nSPS) is 9.67. The van der Waals surface area contributed by atoms with Crippen LogP contribution in [0, 0.1) is 0 Å². The lowest BCUT2D eigenvalue weighted by atomic mass is 10.1. The number of nitrogens with one attached hydrogen (secondary N) is 1. The van der Waals surface area contributed by atoms with Gasteiger partial charge in [-0.05, 0) is 12.0 Å². The van der Waals surface area contributed by atoms with Crippen molar-refractivity contribution in [1.82, 2.24) is 5.32 Å². The minimum absolute atomic E-state index is 0.0106. The van der Waals surface area contributed by atoms with Crippen molar-refractivity contribution in [2.24, 2.45) is 0 Å². The third-order valence-corrected chi connectivity index (χ3v) is 2.17. The highest BCUT2D eigenvalue weighted by Gasteiger charge is 2.07. The minimum Gasteiger partial charge on any atom is -0.359 e. The molecule has 0 spiro atoms. The van der Waals surface area contributed by atoms with Gasteiger partial charge in [-0.25, -0.2) is 0 Å². The van der Waals surface area contributed by atoms with Crippen LogP contribution < -0.4 is 5.32 Å². The van der Waals surface area contributed by atoms with Crippen molar-refractivity contribution >= 4 is 11.7 Å². The van der Waals surface area contributed by atoms with Crippen LogP contribution in [0.3, 0.4) is 0 Å². The Kier molecular flexibility index (Phi) is 4.54. The van der Waals surface area contributed by atoms with E-state index in [2.05, 4.69) is 5.32 Å². The highest BCUT2D eigenvalue weighted by Crippen LogP contribution is 2.03. The molecule has 0 radical (unpaired) electrons. The van der Waals surface area contributed by atoms with E-state index in [-0.39, 0.29) is 18.1 Å². The molecule has 0 aliphatic carbocycles. The summed E-state index contributed by atoms with van der Waals surface area (Å²) in [4.78, 5) is 22.2. The van der Waals surface area contributed by atoms with Crippen LogP contribution in [0.1, 0.15) is 18.4 Å². The van der Waals surface area contributed by atoms with E-state index in [1.54, 1.807) is 0 Å². The Bertz CT molecular complexity index is 333. The van der Waals surface area contributed by atoms with E-state index in [4.69, 9.17) is 0 Å². The fourth-order valence-corrected chi connectivity index (χ4v) is 1.28. The van der Waals surface area contributed by atoms with Gasteiger partial charge in [0.1, 0.15) is 5.78 Å². The second-order valence-corrected chi connectivity index (χ2v) is 3.37. The second-order valence-electron chi connectivity index (χ2n) is 3.37. The summed E-state index contributed by atoms with van der Waals surface area (Å²) < 4.78 is 0. The standard InChI is InChI=1S/C12H15NO2/c1-13-12(15)9-11(14)8-7-10-5-3-2-4-6-10/h2-6H,7-9H2,1H3,(H,13,15). The zero-order chi connectivity index (χ0) is 11.1. The molecule has 0 aliphatic heterocycles. The van der Waals surface area contributed by atoms with Gasteiger partial charge in [-0.3, -0.25) is 9.59 Å². The number of Topliss-reactive ketones (excluding diaryl/α,β-unsaturated/α-hetero) is 1. The summed E-state index contributed by atoms with van der Waals surface area (Å²) in [5.74, 6) is -0.230. The van der Waals surface area contributed by atoms with E-state index in [0.717, 1.165) is 5.56 Å². The number of ketones is 1. The Morgan fingerprint density at radius 1 is 1.20 bits per heavy atom. The monoisotopic (exact) mass is 205 g/mol. The molecule has 1 aromatic rings. The maximum atomic E-state index is 11.3. The van der Waals surface area contributed by atoms with Gasteiger partial charge >= 0.3 is 0 Å². The Labute approximate surface area is 89.5 Å². The molecule has 0 atom stereocenters. The molecule has 1 amide bonds. The molecule has 0 saturated heterocycles. The molecule has 80 valence electrons. The van der Waals surface area contributed by atoms with Crippen LogP contribution >= 0.6 is 0 Å². The van der Waals surface area contributed by atoms with E-state index < -0.39 is 0 Å². The summed E-state index contributed by atoms with van der Waals surface area (Å²) in [6.45, 7) is 0. The Morgan fingerprint density at radius 2 is 1.87 bits per heavy atom. The van der Waals surface area contributed by atoms with E-state index in [0.29, 0.717) is 12.8 Å². The van der Waals surface area contributed by atoms with E-state index in [1.807, 2.05) is 30.3 Å². The van der Waals surface area contributed by atoms with Gasteiger partial charge in [-0.2, -0.15) is 0 Å². The van der Waals surface area contributed by atoms with Crippen LogP contribution in [0.25, 0.3) is 0 Å². The number of aryl methyl sites for hydroxylation is 1. The lowest BCUT2D eigenvalue weighted by molar-refractivity contribution is -0.127. The summed E-state index contributed by atoms with van der Waals surface area (Å²) in [6.07, 6.45) is 1.12. The van der Waals surface area contributed by atoms with Gasteiger partial charge in [0.2, 0.25) is 5.91 Å². The van der Waals surface area contributed by atoms with Crippen molar-refractivity contribution in [1.29, 1.82) is 0 Å². The van der Waals surface area contributed by atoms with Gasteiger partial charge in [-0.1, -0.05) is 30.3 Å². The summed E-state index contributed by atoms with van der Waals surface area (Å²) >= 11 is 0.